The minimum absolute atomic E-state index is 0.0344. The van der Waals surface area contributed by atoms with Crippen LogP contribution in [0.1, 0.15) is 33.5 Å². The molecule has 1 saturated heterocycles. The van der Waals surface area contributed by atoms with Crippen molar-refractivity contribution >= 4 is 45.3 Å². The Hall–Kier alpha value is -5.73. The molecule has 288 valence electrons. The number of rotatable bonds is 14. The highest BCUT2D eigenvalue weighted by atomic mass is 19.4. The van der Waals surface area contributed by atoms with Gasteiger partial charge in [0.15, 0.2) is 0 Å². The van der Waals surface area contributed by atoms with Gasteiger partial charge < -0.3 is 30.6 Å². The number of nitrogens with zero attached hydrogens (tertiary/aromatic N) is 2. The Morgan fingerprint density at radius 2 is 1.55 bits per heavy atom. The first-order valence-corrected chi connectivity index (χ1v) is 18.1. The number of carbonyl (C=O) groups excluding carboxylic acids is 4. The number of fused-ring (bicyclic) bond motifs is 2. The molecule has 1 aliphatic heterocycles. The molecule has 1 aliphatic rings. The van der Waals surface area contributed by atoms with E-state index in [1.54, 1.807) is 12.1 Å². The standard InChI is InChI=1S/C41H43F3N6O5/c1-49(26-27-11-14-31(15-12-27)41(42,43)44)40(54)36(23-28-10-13-29-6-2-3-7-30(29)22-28)48-39(53)35(24-37(51)45-16-17-50-18-20-55-21-19-50)47-38(52)33-25-46-34-9-5-4-8-32(33)34/h2-15,22,25,35-36,46H,16-21,23-24,26H2,1H3,(H,45,51)(H,47,52)(H,48,53)/t35-,36-/m0/s1. The number of H-pyrrole nitrogens is 1. The number of halogens is 3. The number of likely N-dealkylation sites (N-methyl/N-ethyl adjacent to an activating group) is 1. The van der Waals surface area contributed by atoms with Crippen LogP contribution in [0.3, 0.4) is 0 Å². The molecule has 4 aromatic carbocycles. The number of carbonyl (C=O) groups is 4. The fourth-order valence-electron chi connectivity index (χ4n) is 6.63. The highest BCUT2D eigenvalue weighted by Crippen LogP contribution is 2.29. The predicted octanol–water partition coefficient (Wildman–Crippen LogP) is 4.66. The Morgan fingerprint density at radius 1 is 0.855 bits per heavy atom. The monoisotopic (exact) mass is 756 g/mol. The molecule has 0 saturated carbocycles. The van der Waals surface area contributed by atoms with Crippen LogP contribution in [-0.2, 0) is 38.3 Å². The summed E-state index contributed by atoms with van der Waals surface area (Å²) < 4.78 is 45.0. The van der Waals surface area contributed by atoms with Gasteiger partial charge in [0.1, 0.15) is 12.1 Å². The summed E-state index contributed by atoms with van der Waals surface area (Å²) in [7, 11) is 1.50. The first kappa shape index (κ1) is 39.0. The van der Waals surface area contributed by atoms with Gasteiger partial charge in [-0.25, -0.2) is 0 Å². The molecular formula is C41H43F3N6O5. The maximum Gasteiger partial charge on any atom is 0.416 e. The fourth-order valence-corrected chi connectivity index (χ4v) is 6.63. The maximum absolute atomic E-state index is 14.2. The van der Waals surface area contributed by atoms with E-state index in [1.165, 1.54) is 30.3 Å². The largest absolute Gasteiger partial charge is 0.416 e. The van der Waals surface area contributed by atoms with Crippen LogP contribution in [0.25, 0.3) is 21.7 Å². The van der Waals surface area contributed by atoms with Crippen molar-refractivity contribution in [2.24, 2.45) is 0 Å². The Bertz CT molecular complexity index is 2130. The van der Waals surface area contributed by atoms with Crippen LogP contribution in [0.4, 0.5) is 13.2 Å². The quantitative estimate of drug-likeness (QED) is 0.130. The molecule has 2 heterocycles. The molecule has 0 radical (unpaired) electrons. The van der Waals surface area contributed by atoms with Crippen molar-refractivity contribution in [3.05, 3.63) is 119 Å². The van der Waals surface area contributed by atoms with Crippen LogP contribution in [-0.4, -0.2) is 96.9 Å². The van der Waals surface area contributed by atoms with E-state index in [2.05, 4.69) is 25.8 Å². The van der Waals surface area contributed by atoms with Gasteiger partial charge in [-0.1, -0.05) is 72.8 Å². The zero-order valence-electron chi connectivity index (χ0n) is 30.3. The zero-order chi connectivity index (χ0) is 39.0. The van der Waals surface area contributed by atoms with E-state index in [4.69, 9.17) is 4.74 Å². The Morgan fingerprint density at radius 3 is 2.29 bits per heavy atom. The van der Waals surface area contributed by atoms with Gasteiger partial charge >= 0.3 is 6.18 Å². The third-order valence-corrected chi connectivity index (χ3v) is 9.64. The van der Waals surface area contributed by atoms with Gasteiger partial charge in [-0.2, -0.15) is 13.2 Å². The van der Waals surface area contributed by atoms with Crippen molar-refractivity contribution in [1.29, 1.82) is 0 Å². The predicted molar refractivity (Wildman–Crippen MR) is 202 cm³/mol. The molecule has 4 N–H and O–H groups in total. The Labute approximate surface area is 316 Å². The molecule has 0 spiro atoms. The lowest BCUT2D eigenvalue weighted by Crippen LogP contribution is -2.55. The number of ether oxygens (including phenoxy) is 1. The average Bonchev–Trinajstić information content (AvgIpc) is 3.62. The molecule has 0 bridgehead atoms. The van der Waals surface area contributed by atoms with Crippen molar-refractivity contribution in [2.75, 3.05) is 46.4 Å². The summed E-state index contributed by atoms with van der Waals surface area (Å²) in [6.45, 7) is 3.56. The molecule has 6 rings (SSSR count). The van der Waals surface area contributed by atoms with E-state index in [0.717, 1.165) is 41.6 Å². The number of amides is 4. The van der Waals surface area contributed by atoms with E-state index in [1.807, 2.05) is 54.6 Å². The molecule has 1 aromatic heterocycles. The number of aromatic amines is 1. The summed E-state index contributed by atoms with van der Waals surface area (Å²) in [6, 6.07) is 22.5. The first-order valence-electron chi connectivity index (χ1n) is 18.1. The van der Waals surface area contributed by atoms with Gasteiger partial charge in [-0.3, -0.25) is 24.1 Å². The average molecular weight is 757 g/mol. The van der Waals surface area contributed by atoms with Gasteiger partial charge in [-0.05, 0) is 40.1 Å². The van der Waals surface area contributed by atoms with Crippen LogP contribution in [0.15, 0.2) is 97.2 Å². The number of benzene rings is 4. The molecule has 14 heteroatoms. The van der Waals surface area contributed by atoms with Crippen LogP contribution in [0.5, 0.6) is 0 Å². The van der Waals surface area contributed by atoms with Gasteiger partial charge in [0.25, 0.3) is 5.91 Å². The molecule has 0 aliphatic carbocycles. The number of aromatic nitrogens is 1. The summed E-state index contributed by atoms with van der Waals surface area (Å²) in [5.74, 6) is -2.32. The smallest absolute Gasteiger partial charge is 0.379 e. The zero-order valence-corrected chi connectivity index (χ0v) is 30.3. The molecule has 2 atom stereocenters. The number of alkyl halides is 3. The first-order chi connectivity index (χ1) is 26.4. The van der Waals surface area contributed by atoms with E-state index in [9.17, 15) is 32.3 Å². The summed E-state index contributed by atoms with van der Waals surface area (Å²) in [5.41, 5.74) is 1.38. The van der Waals surface area contributed by atoms with Crippen molar-refractivity contribution in [1.82, 2.24) is 30.7 Å². The molecule has 5 aromatic rings. The second-order valence-corrected chi connectivity index (χ2v) is 13.6. The summed E-state index contributed by atoms with van der Waals surface area (Å²) >= 11 is 0. The second-order valence-electron chi connectivity index (χ2n) is 13.6. The maximum atomic E-state index is 14.2. The Kier molecular flexibility index (Phi) is 12.5. The van der Waals surface area contributed by atoms with Crippen molar-refractivity contribution in [2.45, 2.75) is 37.6 Å². The molecular weight excluding hydrogens is 713 g/mol. The molecule has 11 nitrogen and oxygen atoms in total. The SMILES string of the molecule is CN(Cc1ccc(C(F)(F)F)cc1)C(=O)[C@H](Cc1ccc2ccccc2c1)NC(=O)[C@H](CC(=O)NCCN1CCOCC1)NC(=O)c1c[nH]c2ccccc12. The summed E-state index contributed by atoms with van der Waals surface area (Å²) in [6.07, 6.45) is -3.32. The van der Waals surface area contributed by atoms with E-state index < -0.39 is 53.9 Å². The lowest BCUT2D eigenvalue weighted by atomic mass is 10.00. The van der Waals surface area contributed by atoms with Crippen molar-refractivity contribution < 1.29 is 37.1 Å². The highest BCUT2D eigenvalue weighted by Gasteiger charge is 2.32. The lowest BCUT2D eigenvalue weighted by molar-refractivity contribution is -0.138. The third-order valence-electron chi connectivity index (χ3n) is 9.64. The minimum atomic E-state index is -4.50. The van der Waals surface area contributed by atoms with Crippen LogP contribution in [0.2, 0.25) is 0 Å². The van der Waals surface area contributed by atoms with Crippen LogP contribution >= 0.6 is 0 Å². The molecule has 0 unspecified atom stereocenters. The fraction of sp³-hybridized carbons (Fsp3) is 0.317. The van der Waals surface area contributed by atoms with Gasteiger partial charge in [0, 0.05) is 63.3 Å². The molecule has 1 fully saturated rings. The Balaban J connectivity index is 1.23. The van der Waals surface area contributed by atoms with Crippen LogP contribution < -0.4 is 16.0 Å². The third kappa shape index (κ3) is 10.3. The van der Waals surface area contributed by atoms with E-state index in [-0.39, 0.29) is 18.5 Å². The van der Waals surface area contributed by atoms with Crippen LogP contribution in [0, 0.1) is 0 Å². The normalized spacial score (nSPS) is 14.6. The second kappa shape index (κ2) is 17.6. The van der Waals surface area contributed by atoms with E-state index >= 15 is 0 Å². The topological polar surface area (TPSA) is 136 Å². The number of para-hydroxylation sites is 1. The van der Waals surface area contributed by atoms with Crippen molar-refractivity contribution in [3.8, 4) is 0 Å². The molecule has 55 heavy (non-hydrogen) atoms. The van der Waals surface area contributed by atoms with Gasteiger partial charge in [0.05, 0.1) is 30.8 Å². The molecule has 4 amide bonds. The summed E-state index contributed by atoms with van der Waals surface area (Å²) in [5, 5.41) is 10.9. The number of nitrogens with one attached hydrogen (secondary N) is 4. The lowest BCUT2D eigenvalue weighted by Gasteiger charge is -2.27. The van der Waals surface area contributed by atoms with Gasteiger partial charge in [0.2, 0.25) is 17.7 Å². The number of morpholine rings is 1. The minimum Gasteiger partial charge on any atom is -0.379 e. The number of hydrogen-bond donors (Lipinski definition) is 4. The van der Waals surface area contributed by atoms with E-state index in [0.29, 0.717) is 42.8 Å². The van der Waals surface area contributed by atoms with Gasteiger partial charge in [-0.15, -0.1) is 0 Å². The summed E-state index contributed by atoms with van der Waals surface area (Å²) in [4.78, 5) is 61.8. The van der Waals surface area contributed by atoms with Crippen molar-refractivity contribution in [3.63, 3.8) is 0 Å². The number of hydrogen-bond acceptors (Lipinski definition) is 6. The highest BCUT2D eigenvalue weighted by molar-refractivity contribution is 6.08.